The molecule has 0 aliphatic rings. The fourth-order valence-electron chi connectivity index (χ4n) is 2.20. The van der Waals surface area contributed by atoms with Crippen molar-refractivity contribution >= 4 is 21.2 Å². The lowest BCUT2D eigenvalue weighted by Crippen LogP contribution is -2.23. The first-order chi connectivity index (χ1) is 11.7. The topological polar surface area (TPSA) is 98.5 Å². The van der Waals surface area contributed by atoms with Gasteiger partial charge in [-0.15, -0.1) is 0 Å². The normalized spacial score (nSPS) is 12.4. The molecule has 25 heavy (non-hydrogen) atoms. The van der Waals surface area contributed by atoms with Crippen LogP contribution in [-0.2, 0) is 9.84 Å². The first-order valence-electron chi connectivity index (χ1n) is 7.32. The number of halogens is 1. The second-order valence-electron chi connectivity index (χ2n) is 5.42. The van der Waals surface area contributed by atoms with Gasteiger partial charge in [0.1, 0.15) is 16.7 Å². The van der Waals surface area contributed by atoms with E-state index in [1.54, 1.807) is 13.0 Å². The molecule has 0 saturated heterocycles. The summed E-state index contributed by atoms with van der Waals surface area (Å²) in [7, 11) is -3.76. The lowest BCUT2D eigenvalue weighted by atomic mass is 10.2. The summed E-state index contributed by atoms with van der Waals surface area (Å²) in [6.45, 7) is 1.77. The minimum Gasteiger partial charge on any atom is -0.486 e. The van der Waals surface area contributed by atoms with Crippen molar-refractivity contribution in [1.82, 2.24) is 0 Å². The highest BCUT2D eigenvalue weighted by Crippen LogP contribution is 2.32. The molecule has 0 saturated carbocycles. The number of nitro benzene ring substituents is 1. The Morgan fingerprint density at radius 3 is 2.52 bits per heavy atom. The van der Waals surface area contributed by atoms with Gasteiger partial charge in [-0.25, -0.2) is 12.8 Å². The van der Waals surface area contributed by atoms with Crippen LogP contribution in [0.3, 0.4) is 0 Å². The molecule has 0 aromatic heterocycles. The lowest BCUT2D eigenvalue weighted by Gasteiger charge is -2.17. The highest BCUT2D eigenvalue weighted by molar-refractivity contribution is 7.90. The van der Waals surface area contributed by atoms with Crippen LogP contribution < -0.4 is 10.1 Å². The second kappa shape index (κ2) is 7.47. The quantitative estimate of drug-likeness (QED) is 0.596. The van der Waals surface area contributed by atoms with Gasteiger partial charge < -0.3 is 10.1 Å². The highest BCUT2D eigenvalue weighted by atomic mass is 32.2. The van der Waals surface area contributed by atoms with Crippen molar-refractivity contribution in [3.8, 4) is 5.75 Å². The third-order valence-corrected chi connectivity index (χ3v) is 4.45. The van der Waals surface area contributed by atoms with Crippen molar-refractivity contribution in [3.63, 3.8) is 0 Å². The zero-order chi connectivity index (χ0) is 18.6. The molecule has 0 spiro atoms. The Morgan fingerprint density at radius 2 is 1.92 bits per heavy atom. The van der Waals surface area contributed by atoms with Crippen LogP contribution in [0.25, 0.3) is 0 Å². The minimum atomic E-state index is -3.76. The van der Waals surface area contributed by atoms with Crippen molar-refractivity contribution in [2.45, 2.75) is 17.9 Å². The van der Waals surface area contributed by atoms with E-state index in [-0.39, 0.29) is 22.9 Å². The standard InChI is InChI=1S/C16H17FN2O5S/c1-11(24-14-8-4-3-6-12(14)17)10-18-13-7-5-9-15(25(2,22)23)16(13)19(20)21/h3-9,11,18H,10H2,1-2H3. The Labute approximate surface area is 144 Å². The van der Waals surface area contributed by atoms with Gasteiger partial charge in [0.2, 0.25) is 0 Å². The van der Waals surface area contributed by atoms with Crippen LogP contribution in [0.5, 0.6) is 5.75 Å². The molecule has 0 aliphatic carbocycles. The largest absolute Gasteiger partial charge is 0.486 e. The number of ether oxygens (including phenoxy) is 1. The number of hydrogen-bond donors (Lipinski definition) is 1. The predicted molar refractivity (Wildman–Crippen MR) is 91.2 cm³/mol. The van der Waals surface area contributed by atoms with Gasteiger partial charge in [-0.2, -0.15) is 0 Å². The van der Waals surface area contributed by atoms with Crippen molar-refractivity contribution in [2.75, 3.05) is 18.1 Å². The Morgan fingerprint density at radius 1 is 1.24 bits per heavy atom. The summed E-state index contributed by atoms with van der Waals surface area (Å²) >= 11 is 0. The number of anilines is 1. The van der Waals surface area contributed by atoms with Crippen LogP contribution in [0, 0.1) is 15.9 Å². The van der Waals surface area contributed by atoms with Crippen molar-refractivity contribution < 1.29 is 22.5 Å². The fraction of sp³-hybridized carbons (Fsp3) is 0.250. The number of hydrogen-bond acceptors (Lipinski definition) is 6. The van der Waals surface area contributed by atoms with Crippen LogP contribution in [0.4, 0.5) is 15.8 Å². The molecule has 0 bridgehead atoms. The first kappa shape index (κ1) is 18.7. The number of nitro groups is 1. The summed E-state index contributed by atoms with van der Waals surface area (Å²) in [4.78, 5) is 10.2. The van der Waals surface area contributed by atoms with E-state index >= 15 is 0 Å². The molecule has 0 heterocycles. The molecule has 2 aromatic rings. The van der Waals surface area contributed by atoms with Gasteiger partial charge in [0.25, 0.3) is 0 Å². The SMILES string of the molecule is CC(CNc1cccc(S(C)(=O)=O)c1[N+](=O)[O-])Oc1ccccc1F. The van der Waals surface area contributed by atoms with Crippen LogP contribution in [0.1, 0.15) is 6.92 Å². The molecule has 1 N–H and O–H groups in total. The van der Waals surface area contributed by atoms with Crippen molar-refractivity contribution in [2.24, 2.45) is 0 Å². The molecule has 0 fully saturated rings. The Kier molecular flexibility index (Phi) is 5.58. The Balaban J connectivity index is 2.18. The second-order valence-corrected chi connectivity index (χ2v) is 7.41. The Hall–Kier alpha value is -2.68. The summed E-state index contributed by atoms with van der Waals surface area (Å²) in [6, 6.07) is 9.88. The summed E-state index contributed by atoms with van der Waals surface area (Å²) < 4.78 is 42.5. The Bertz CT molecular complexity index is 886. The molecule has 0 radical (unpaired) electrons. The summed E-state index contributed by atoms with van der Waals surface area (Å²) in [5.74, 6) is -0.449. The highest BCUT2D eigenvalue weighted by Gasteiger charge is 2.26. The van der Waals surface area contributed by atoms with E-state index in [1.165, 1.54) is 36.4 Å². The average molecular weight is 368 g/mol. The molecule has 0 amide bonds. The maximum absolute atomic E-state index is 13.6. The monoisotopic (exact) mass is 368 g/mol. The smallest absolute Gasteiger partial charge is 0.310 e. The molecule has 7 nitrogen and oxygen atoms in total. The van der Waals surface area contributed by atoms with Crippen molar-refractivity contribution in [1.29, 1.82) is 0 Å². The minimum absolute atomic E-state index is 0.0527. The molecule has 134 valence electrons. The van der Waals surface area contributed by atoms with E-state index in [1.807, 2.05) is 0 Å². The maximum atomic E-state index is 13.6. The van der Waals surface area contributed by atoms with Gasteiger partial charge in [0, 0.05) is 6.26 Å². The molecule has 2 aromatic carbocycles. The van der Waals surface area contributed by atoms with Gasteiger partial charge in [-0.05, 0) is 31.2 Å². The van der Waals surface area contributed by atoms with Crippen LogP contribution in [-0.4, -0.2) is 32.2 Å². The third kappa shape index (κ3) is 4.66. The van der Waals surface area contributed by atoms with E-state index in [9.17, 15) is 22.9 Å². The first-order valence-corrected chi connectivity index (χ1v) is 9.22. The van der Waals surface area contributed by atoms with Gasteiger partial charge in [0.05, 0.1) is 11.5 Å². The molecular weight excluding hydrogens is 351 g/mol. The van der Waals surface area contributed by atoms with Crippen LogP contribution >= 0.6 is 0 Å². The van der Waals surface area contributed by atoms with Crippen molar-refractivity contribution in [3.05, 3.63) is 58.4 Å². The van der Waals surface area contributed by atoms with Gasteiger partial charge >= 0.3 is 5.69 Å². The summed E-state index contributed by atoms with van der Waals surface area (Å²) in [5, 5.41) is 14.1. The fourth-order valence-corrected chi connectivity index (χ4v) is 3.07. The zero-order valence-corrected chi connectivity index (χ0v) is 14.4. The molecule has 9 heteroatoms. The van der Waals surface area contributed by atoms with E-state index in [0.29, 0.717) is 0 Å². The van der Waals surface area contributed by atoms with Crippen LogP contribution in [0.15, 0.2) is 47.4 Å². The maximum Gasteiger partial charge on any atom is 0.310 e. The molecule has 1 unspecified atom stereocenters. The third-order valence-electron chi connectivity index (χ3n) is 3.33. The van der Waals surface area contributed by atoms with E-state index < -0.39 is 32.4 Å². The molecule has 0 aliphatic heterocycles. The summed E-state index contributed by atoms with van der Waals surface area (Å²) in [6.07, 6.45) is 0.390. The van der Waals surface area contributed by atoms with Crippen LogP contribution in [0.2, 0.25) is 0 Å². The van der Waals surface area contributed by atoms with E-state index in [0.717, 1.165) is 6.26 Å². The number of nitrogens with zero attached hydrogens (tertiary/aromatic N) is 1. The van der Waals surface area contributed by atoms with E-state index in [4.69, 9.17) is 4.74 Å². The average Bonchev–Trinajstić information content (AvgIpc) is 2.53. The molecule has 1 atom stereocenters. The molecule has 2 rings (SSSR count). The van der Waals surface area contributed by atoms with E-state index in [2.05, 4.69) is 5.32 Å². The number of nitrogens with one attached hydrogen (secondary N) is 1. The number of sulfone groups is 1. The number of benzene rings is 2. The van der Waals surface area contributed by atoms with Gasteiger partial charge in [-0.3, -0.25) is 10.1 Å². The number of rotatable bonds is 7. The molecular formula is C16H17FN2O5S. The van der Waals surface area contributed by atoms with Gasteiger partial charge in [0.15, 0.2) is 21.4 Å². The number of para-hydroxylation sites is 2. The summed E-state index contributed by atoms with van der Waals surface area (Å²) in [5.41, 5.74) is -0.472. The zero-order valence-electron chi connectivity index (χ0n) is 13.6. The predicted octanol–water partition coefficient (Wildman–Crippen LogP) is 3.02. The van der Waals surface area contributed by atoms with Gasteiger partial charge in [-0.1, -0.05) is 18.2 Å². The lowest BCUT2D eigenvalue weighted by molar-refractivity contribution is -0.386.